The largest absolute Gasteiger partial charge is 0.465 e. The molecule has 1 heterocycles. The van der Waals surface area contributed by atoms with E-state index in [-0.39, 0.29) is 33.7 Å². The molecule has 0 aromatic heterocycles. The van der Waals surface area contributed by atoms with Crippen LogP contribution in [0.1, 0.15) is 37.7 Å². The molecule has 29 heavy (non-hydrogen) atoms. The van der Waals surface area contributed by atoms with E-state index < -0.39 is 17.5 Å². The van der Waals surface area contributed by atoms with Crippen molar-refractivity contribution in [3.8, 4) is 6.07 Å². The Morgan fingerprint density at radius 1 is 1.17 bits per heavy atom. The summed E-state index contributed by atoms with van der Waals surface area (Å²) in [6.45, 7) is 0. The first-order valence-electron chi connectivity index (χ1n) is 9.33. The van der Waals surface area contributed by atoms with Gasteiger partial charge in [-0.05, 0) is 18.9 Å². The molecule has 1 fully saturated rings. The molecule has 1 saturated carbocycles. The van der Waals surface area contributed by atoms with Crippen molar-refractivity contribution < 1.29 is 23.8 Å². The zero-order valence-corrected chi connectivity index (χ0v) is 17.0. The summed E-state index contributed by atoms with van der Waals surface area (Å²) >= 11 is 6.32. The Morgan fingerprint density at radius 3 is 2.41 bits per heavy atom. The second-order valence-corrected chi connectivity index (χ2v) is 7.24. The van der Waals surface area contributed by atoms with Crippen molar-refractivity contribution >= 4 is 29.4 Å². The van der Waals surface area contributed by atoms with Crippen LogP contribution in [0.25, 0.3) is 0 Å². The molecule has 1 atom stereocenters. The fourth-order valence-electron chi connectivity index (χ4n) is 3.71. The van der Waals surface area contributed by atoms with E-state index >= 15 is 0 Å². The molecule has 152 valence electrons. The first kappa shape index (κ1) is 20.9. The monoisotopic (exact) mass is 416 g/mol. The number of hydrogen-bond donors (Lipinski definition) is 0. The highest BCUT2D eigenvalue weighted by Crippen LogP contribution is 2.45. The maximum Gasteiger partial charge on any atom is 0.344 e. The number of ether oxygens (including phenoxy) is 3. The number of halogens is 1. The summed E-state index contributed by atoms with van der Waals surface area (Å²) in [6, 6.07) is 8.43. The fraction of sp³-hybridized carbons (Fsp3) is 0.429. The zero-order chi connectivity index (χ0) is 21.0. The Labute approximate surface area is 173 Å². The van der Waals surface area contributed by atoms with Crippen LogP contribution < -0.4 is 0 Å². The molecule has 1 aromatic rings. The maximum absolute atomic E-state index is 12.7. The topological polar surface area (TPSA) is 98.0 Å². The van der Waals surface area contributed by atoms with Crippen LogP contribution in [0.15, 0.2) is 40.4 Å². The molecule has 0 radical (unpaired) electrons. The van der Waals surface area contributed by atoms with Crippen molar-refractivity contribution in [3.05, 3.63) is 46.0 Å². The molecule has 0 amide bonds. The van der Waals surface area contributed by atoms with Crippen LogP contribution >= 0.6 is 11.6 Å². The highest BCUT2D eigenvalue weighted by Gasteiger charge is 2.55. The second-order valence-electron chi connectivity index (χ2n) is 6.83. The lowest BCUT2D eigenvalue weighted by Crippen LogP contribution is -2.32. The molecule has 1 unspecified atom stereocenters. The lowest BCUT2D eigenvalue weighted by atomic mass is 9.86. The SMILES string of the molecule is COC(=O)C1=C(C(=O)OC)C(C#N)(c2ccccc2Cl)OC1=NC1CCCCC1. The Morgan fingerprint density at radius 2 is 1.83 bits per heavy atom. The van der Waals surface area contributed by atoms with Gasteiger partial charge in [0.2, 0.25) is 5.90 Å². The van der Waals surface area contributed by atoms with Gasteiger partial charge in [0, 0.05) is 10.6 Å². The van der Waals surface area contributed by atoms with Crippen LogP contribution in [0.4, 0.5) is 0 Å². The molecule has 0 N–H and O–H groups in total. The number of aliphatic imine (C=N–C) groups is 1. The molecule has 1 aliphatic heterocycles. The van der Waals surface area contributed by atoms with E-state index in [0.29, 0.717) is 0 Å². The summed E-state index contributed by atoms with van der Waals surface area (Å²) in [5.41, 5.74) is -2.23. The summed E-state index contributed by atoms with van der Waals surface area (Å²) in [5, 5.41) is 10.3. The average molecular weight is 417 g/mol. The van der Waals surface area contributed by atoms with Crippen molar-refractivity contribution in [2.24, 2.45) is 4.99 Å². The Kier molecular flexibility index (Phi) is 6.23. The minimum atomic E-state index is -1.97. The number of nitrogens with zero attached hydrogens (tertiary/aromatic N) is 2. The van der Waals surface area contributed by atoms with Crippen LogP contribution in [0.5, 0.6) is 0 Å². The summed E-state index contributed by atoms with van der Waals surface area (Å²) in [5.74, 6) is -1.81. The third-order valence-corrected chi connectivity index (χ3v) is 5.46. The third-order valence-electron chi connectivity index (χ3n) is 5.13. The molecule has 1 aliphatic carbocycles. The highest BCUT2D eigenvalue weighted by atomic mass is 35.5. The van der Waals surface area contributed by atoms with Gasteiger partial charge in [0.15, 0.2) is 0 Å². The van der Waals surface area contributed by atoms with E-state index in [0.717, 1.165) is 39.2 Å². The maximum atomic E-state index is 12.7. The standard InChI is InChI=1S/C21H21ClN2O5/c1-27-19(25)16-17(20(26)28-2)21(12-23,14-10-6-7-11-15(14)22)29-18(16)24-13-8-4-3-5-9-13/h6-7,10-11,13H,3-5,8-9H2,1-2H3. The van der Waals surface area contributed by atoms with Crippen molar-refractivity contribution in [1.82, 2.24) is 0 Å². The summed E-state index contributed by atoms with van der Waals surface area (Å²) < 4.78 is 15.7. The van der Waals surface area contributed by atoms with E-state index in [1.54, 1.807) is 24.3 Å². The van der Waals surface area contributed by atoms with Gasteiger partial charge in [-0.3, -0.25) is 0 Å². The first-order valence-corrected chi connectivity index (χ1v) is 9.71. The van der Waals surface area contributed by atoms with Gasteiger partial charge < -0.3 is 14.2 Å². The van der Waals surface area contributed by atoms with Crippen LogP contribution in [0.3, 0.4) is 0 Å². The van der Waals surface area contributed by atoms with Crippen LogP contribution in [-0.4, -0.2) is 38.1 Å². The Balaban J connectivity index is 2.26. The van der Waals surface area contributed by atoms with Crippen molar-refractivity contribution in [1.29, 1.82) is 5.26 Å². The fourth-order valence-corrected chi connectivity index (χ4v) is 3.98. The van der Waals surface area contributed by atoms with E-state index in [4.69, 9.17) is 25.8 Å². The van der Waals surface area contributed by atoms with Crippen LogP contribution in [0.2, 0.25) is 5.02 Å². The number of rotatable bonds is 4. The van der Waals surface area contributed by atoms with Gasteiger partial charge in [0.1, 0.15) is 17.2 Å². The Hall–Kier alpha value is -2.85. The van der Waals surface area contributed by atoms with Gasteiger partial charge >= 0.3 is 11.9 Å². The molecule has 0 spiro atoms. The normalized spacial score (nSPS) is 23.4. The smallest absolute Gasteiger partial charge is 0.344 e. The molecule has 8 heteroatoms. The molecule has 2 aliphatic rings. The number of nitriles is 1. The predicted molar refractivity (Wildman–Crippen MR) is 105 cm³/mol. The van der Waals surface area contributed by atoms with Gasteiger partial charge in [0.25, 0.3) is 5.60 Å². The molecule has 0 saturated heterocycles. The predicted octanol–water partition coefficient (Wildman–Crippen LogP) is 3.46. The average Bonchev–Trinajstić information content (AvgIpc) is 3.08. The van der Waals surface area contributed by atoms with Gasteiger partial charge in [-0.25, -0.2) is 14.6 Å². The molecule has 7 nitrogen and oxygen atoms in total. The summed E-state index contributed by atoms with van der Waals surface area (Å²) in [6.07, 6.45) is 4.81. The molecule has 1 aromatic carbocycles. The lowest BCUT2D eigenvalue weighted by molar-refractivity contribution is -0.139. The summed E-state index contributed by atoms with van der Waals surface area (Å²) in [4.78, 5) is 29.9. The van der Waals surface area contributed by atoms with Crippen molar-refractivity contribution in [2.45, 2.75) is 43.7 Å². The Bertz CT molecular complexity index is 927. The quantitative estimate of drug-likeness (QED) is 0.697. The minimum Gasteiger partial charge on any atom is -0.465 e. The van der Waals surface area contributed by atoms with Crippen molar-refractivity contribution in [3.63, 3.8) is 0 Å². The van der Waals surface area contributed by atoms with Gasteiger partial charge in [-0.2, -0.15) is 5.26 Å². The number of methoxy groups -OCH3 is 2. The minimum absolute atomic E-state index is 0.0713. The molecular formula is C21H21ClN2O5. The number of esters is 2. The molecule has 3 rings (SSSR count). The highest BCUT2D eigenvalue weighted by molar-refractivity contribution is 6.32. The van der Waals surface area contributed by atoms with Gasteiger partial charge in [-0.15, -0.1) is 0 Å². The lowest BCUT2D eigenvalue weighted by Gasteiger charge is -2.25. The third kappa shape index (κ3) is 3.73. The van der Waals surface area contributed by atoms with Crippen LogP contribution in [-0.2, 0) is 29.4 Å². The molecular weight excluding hydrogens is 396 g/mol. The van der Waals surface area contributed by atoms with Crippen LogP contribution in [0, 0.1) is 11.3 Å². The second kappa shape index (κ2) is 8.66. The molecule has 0 bridgehead atoms. The number of benzene rings is 1. The summed E-state index contributed by atoms with van der Waals surface area (Å²) in [7, 11) is 2.35. The van der Waals surface area contributed by atoms with E-state index in [1.165, 1.54) is 7.11 Å². The van der Waals surface area contributed by atoms with Gasteiger partial charge in [0.05, 0.1) is 20.3 Å². The number of carbonyl (C=O) groups is 2. The van der Waals surface area contributed by atoms with Gasteiger partial charge in [-0.1, -0.05) is 49.1 Å². The van der Waals surface area contributed by atoms with E-state index in [2.05, 4.69) is 4.99 Å². The van der Waals surface area contributed by atoms with E-state index in [1.807, 2.05) is 6.07 Å². The number of carbonyl (C=O) groups excluding carboxylic acids is 2. The van der Waals surface area contributed by atoms with Crippen molar-refractivity contribution in [2.75, 3.05) is 14.2 Å². The zero-order valence-electron chi connectivity index (χ0n) is 16.2. The number of hydrogen-bond acceptors (Lipinski definition) is 7. The van der Waals surface area contributed by atoms with E-state index in [9.17, 15) is 14.9 Å². The first-order chi connectivity index (χ1) is 14.0.